The van der Waals surface area contributed by atoms with Gasteiger partial charge in [-0.05, 0) is 30.2 Å². The molecule has 0 radical (unpaired) electrons. The van der Waals surface area contributed by atoms with Crippen molar-refractivity contribution in [3.8, 4) is 11.5 Å². The van der Waals surface area contributed by atoms with Crippen molar-refractivity contribution < 1.29 is 0 Å². The Balaban J connectivity index is 1.94. The first-order chi connectivity index (χ1) is 12.0. The zero-order valence-electron chi connectivity index (χ0n) is 15.6. The van der Waals surface area contributed by atoms with Crippen LogP contribution < -0.4 is 0 Å². The van der Waals surface area contributed by atoms with Gasteiger partial charge in [0.2, 0.25) is 0 Å². The molecule has 1 heterocycles. The third-order valence-corrected chi connectivity index (χ3v) is 6.10. The number of unbranched alkanes of at least 4 members (excludes halogenated alkanes) is 2. The Kier molecular flexibility index (Phi) is 5.47. The van der Waals surface area contributed by atoms with Gasteiger partial charge in [0.25, 0.3) is 0 Å². The summed E-state index contributed by atoms with van der Waals surface area (Å²) < 4.78 is 2.70. The largest absolute Gasteiger partial charge is 0.135 e. The van der Waals surface area contributed by atoms with E-state index in [1.165, 1.54) is 45.0 Å². The maximum atomic E-state index is 3.46. The third kappa shape index (κ3) is 4.63. The molecule has 128 valence electrons. The summed E-state index contributed by atoms with van der Waals surface area (Å²) in [5.41, 5.74) is 5.90. The molecule has 0 saturated carbocycles. The SMILES string of the molecule is CCCC/C=C\c1ccc2c(c1)sc1cc(C#C[Si](C)(C)C)ccc12. The molecule has 0 nitrogen and oxygen atoms in total. The van der Waals surface area contributed by atoms with Crippen LogP contribution in [-0.4, -0.2) is 8.07 Å². The lowest BCUT2D eigenvalue weighted by Crippen LogP contribution is -2.16. The zero-order valence-corrected chi connectivity index (χ0v) is 17.5. The van der Waals surface area contributed by atoms with Gasteiger partial charge in [-0.2, -0.15) is 0 Å². The molecule has 0 bridgehead atoms. The Hall–Kier alpha value is -1.82. The van der Waals surface area contributed by atoms with Crippen molar-refractivity contribution >= 4 is 45.7 Å². The number of fused-ring (bicyclic) bond motifs is 3. The number of thiophene rings is 1. The fraction of sp³-hybridized carbons (Fsp3) is 0.304. The number of hydrogen-bond donors (Lipinski definition) is 0. The fourth-order valence-corrected chi connectivity index (χ4v) is 4.49. The van der Waals surface area contributed by atoms with Crippen molar-refractivity contribution in [2.24, 2.45) is 0 Å². The topological polar surface area (TPSA) is 0 Å². The van der Waals surface area contributed by atoms with Crippen LogP contribution in [0.4, 0.5) is 0 Å². The van der Waals surface area contributed by atoms with Crippen molar-refractivity contribution in [3.05, 3.63) is 53.6 Å². The average Bonchev–Trinajstić information content (AvgIpc) is 2.93. The lowest BCUT2D eigenvalue weighted by atomic mass is 10.1. The Labute approximate surface area is 156 Å². The summed E-state index contributed by atoms with van der Waals surface area (Å²) in [4.78, 5) is 0. The van der Waals surface area contributed by atoms with Crippen molar-refractivity contribution in [1.29, 1.82) is 0 Å². The second-order valence-corrected chi connectivity index (χ2v) is 13.4. The minimum absolute atomic E-state index is 1.14. The molecule has 0 spiro atoms. The summed E-state index contributed by atoms with van der Waals surface area (Å²) in [5, 5.41) is 2.70. The molecule has 0 amide bonds. The molecular formula is C23H26SSi. The van der Waals surface area contributed by atoms with Crippen LogP contribution in [0.5, 0.6) is 0 Å². The van der Waals surface area contributed by atoms with Gasteiger partial charge in [0.15, 0.2) is 0 Å². The minimum Gasteiger partial charge on any atom is -0.135 e. The summed E-state index contributed by atoms with van der Waals surface area (Å²) in [5.74, 6) is 3.38. The second-order valence-electron chi connectivity index (χ2n) is 7.61. The average molecular weight is 363 g/mol. The summed E-state index contributed by atoms with van der Waals surface area (Å²) >= 11 is 1.88. The van der Waals surface area contributed by atoms with E-state index in [0.717, 1.165) is 5.56 Å². The van der Waals surface area contributed by atoms with Gasteiger partial charge in [-0.1, -0.05) is 75.7 Å². The van der Waals surface area contributed by atoms with Crippen LogP contribution in [0.2, 0.25) is 19.6 Å². The van der Waals surface area contributed by atoms with E-state index < -0.39 is 8.07 Å². The Morgan fingerprint density at radius 3 is 2.44 bits per heavy atom. The maximum Gasteiger partial charge on any atom is 0.129 e. The molecule has 3 rings (SSSR count). The molecule has 0 atom stereocenters. The molecule has 0 aliphatic carbocycles. The molecule has 2 heteroatoms. The fourth-order valence-electron chi connectivity index (χ4n) is 2.78. The highest BCUT2D eigenvalue weighted by Gasteiger charge is 2.08. The highest BCUT2D eigenvalue weighted by molar-refractivity contribution is 7.25. The molecule has 25 heavy (non-hydrogen) atoms. The van der Waals surface area contributed by atoms with E-state index in [1.807, 2.05) is 11.3 Å². The lowest BCUT2D eigenvalue weighted by Gasteiger charge is -2.03. The Morgan fingerprint density at radius 2 is 1.72 bits per heavy atom. The normalized spacial score (nSPS) is 12.0. The van der Waals surface area contributed by atoms with E-state index in [0.29, 0.717) is 0 Å². The first-order valence-electron chi connectivity index (χ1n) is 9.12. The molecule has 1 aromatic heterocycles. The first-order valence-corrected chi connectivity index (χ1v) is 13.4. The van der Waals surface area contributed by atoms with E-state index in [2.05, 4.69) is 86.6 Å². The molecule has 0 saturated heterocycles. The van der Waals surface area contributed by atoms with Gasteiger partial charge in [0, 0.05) is 25.7 Å². The maximum absolute atomic E-state index is 3.46. The molecule has 0 N–H and O–H groups in total. The van der Waals surface area contributed by atoms with Crippen LogP contribution in [-0.2, 0) is 0 Å². The number of allylic oxidation sites excluding steroid dienone is 1. The Morgan fingerprint density at radius 1 is 1.00 bits per heavy atom. The van der Waals surface area contributed by atoms with Crippen molar-refractivity contribution in [2.45, 2.75) is 45.8 Å². The van der Waals surface area contributed by atoms with Gasteiger partial charge in [-0.15, -0.1) is 16.9 Å². The van der Waals surface area contributed by atoms with E-state index >= 15 is 0 Å². The van der Waals surface area contributed by atoms with Gasteiger partial charge < -0.3 is 0 Å². The van der Waals surface area contributed by atoms with Gasteiger partial charge in [-0.25, -0.2) is 0 Å². The lowest BCUT2D eigenvalue weighted by molar-refractivity contribution is 0.816. The number of hydrogen-bond acceptors (Lipinski definition) is 1. The van der Waals surface area contributed by atoms with Crippen LogP contribution in [0.25, 0.3) is 26.2 Å². The summed E-state index contributed by atoms with van der Waals surface area (Å²) in [6.45, 7) is 9.09. The highest BCUT2D eigenvalue weighted by Crippen LogP contribution is 2.35. The standard InChI is InChI=1S/C23H26SSi/c1-5-6-7-8-9-18-10-12-20-21-13-11-19(14-15-25(2,3)4)17-23(21)24-22(20)16-18/h8-13,16-17H,5-7H2,1-4H3/b9-8-. The molecule has 3 aromatic rings. The van der Waals surface area contributed by atoms with Crippen LogP contribution in [0.15, 0.2) is 42.5 Å². The Bertz CT molecular complexity index is 974. The van der Waals surface area contributed by atoms with E-state index in [9.17, 15) is 0 Å². The van der Waals surface area contributed by atoms with Crippen molar-refractivity contribution in [3.63, 3.8) is 0 Å². The summed E-state index contributed by atoms with van der Waals surface area (Å²) in [6, 6.07) is 13.5. The molecular weight excluding hydrogens is 336 g/mol. The monoisotopic (exact) mass is 362 g/mol. The minimum atomic E-state index is -1.33. The van der Waals surface area contributed by atoms with E-state index in [-0.39, 0.29) is 0 Å². The van der Waals surface area contributed by atoms with Crippen molar-refractivity contribution in [1.82, 2.24) is 0 Å². The molecule has 2 aromatic carbocycles. The summed E-state index contributed by atoms with van der Waals surface area (Å²) in [6.07, 6.45) is 8.23. The van der Waals surface area contributed by atoms with E-state index in [4.69, 9.17) is 0 Å². The zero-order chi connectivity index (χ0) is 17.9. The second kappa shape index (κ2) is 7.60. The predicted octanol–water partition coefficient (Wildman–Crippen LogP) is 7.49. The predicted molar refractivity (Wildman–Crippen MR) is 118 cm³/mol. The van der Waals surface area contributed by atoms with Crippen molar-refractivity contribution in [2.75, 3.05) is 0 Å². The summed E-state index contributed by atoms with van der Waals surface area (Å²) in [7, 11) is -1.33. The first kappa shape index (κ1) is 18.0. The quantitative estimate of drug-likeness (QED) is 0.256. The molecule has 0 aliphatic heterocycles. The van der Waals surface area contributed by atoms with Gasteiger partial charge in [0.1, 0.15) is 8.07 Å². The van der Waals surface area contributed by atoms with Gasteiger partial charge in [0.05, 0.1) is 0 Å². The smallest absolute Gasteiger partial charge is 0.129 e. The van der Waals surface area contributed by atoms with Crippen LogP contribution in [0.1, 0.15) is 37.3 Å². The van der Waals surface area contributed by atoms with E-state index in [1.54, 1.807) is 0 Å². The highest BCUT2D eigenvalue weighted by atomic mass is 32.1. The van der Waals surface area contributed by atoms with Crippen LogP contribution in [0, 0.1) is 11.5 Å². The molecule has 0 fully saturated rings. The third-order valence-electron chi connectivity index (χ3n) is 4.11. The number of rotatable bonds is 4. The van der Waals surface area contributed by atoms with Crippen LogP contribution in [0.3, 0.4) is 0 Å². The van der Waals surface area contributed by atoms with Crippen LogP contribution >= 0.6 is 11.3 Å². The number of benzene rings is 2. The molecule has 0 unspecified atom stereocenters. The molecule has 0 aliphatic rings. The van der Waals surface area contributed by atoms with Gasteiger partial charge >= 0.3 is 0 Å². The van der Waals surface area contributed by atoms with Gasteiger partial charge in [-0.3, -0.25) is 0 Å².